The molecule has 28 heavy (non-hydrogen) atoms. The van der Waals surface area contributed by atoms with Gasteiger partial charge in [0.1, 0.15) is 0 Å². The summed E-state index contributed by atoms with van der Waals surface area (Å²) in [6, 6.07) is 14.9. The zero-order valence-electron chi connectivity index (χ0n) is 17.2. The van der Waals surface area contributed by atoms with Crippen LogP contribution in [0.2, 0.25) is 0 Å². The van der Waals surface area contributed by atoms with Gasteiger partial charge in [-0.1, -0.05) is 36.4 Å². The number of nitrogens with one attached hydrogen (secondary N) is 2. The fraction of sp³-hybridized carbons (Fsp3) is 0.429. The first-order valence-electron chi connectivity index (χ1n) is 9.30. The van der Waals surface area contributed by atoms with Crippen LogP contribution in [0, 0.1) is 0 Å². The van der Waals surface area contributed by atoms with Gasteiger partial charge in [0.2, 0.25) is 5.88 Å². The highest BCUT2D eigenvalue weighted by Gasteiger charge is 2.10. The van der Waals surface area contributed by atoms with Crippen molar-refractivity contribution in [1.29, 1.82) is 0 Å². The topological polar surface area (TPSA) is 61.8 Å². The summed E-state index contributed by atoms with van der Waals surface area (Å²) in [6.07, 6.45) is 2.75. The van der Waals surface area contributed by atoms with E-state index < -0.39 is 0 Å². The predicted octanol–water partition coefficient (Wildman–Crippen LogP) is 3.28. The van der Waals surface area contributed by atoms with E-state index in [1.54, 1.807) is 20.4 Å². The van der Waals surface area contributed by atoms with Crippen molar-refractivity contribution in [3.05, 3.63) is 59.8 Å². The van der Waals surface area contributed by atoms with E-state index in [1.807, 2.05) is 12.1 Å². The lowest BCUT2D eigenvalue weighted by molar-refractivity contribution is 0.238. The smallest absolute Gasteiger partial charge is 0.218 e. The van der Waals surface area contributed by atoms with Crippen LogP contribution in [0.3, 0.4) is 0 Å². The van der Waals surface area contributed by atoms with Crippen molar-refractivity contribution in [2.75, 3.05) is 27.7 Å². The first-order valence-corrected chi connectivity index (χ1v) is 9.30. The quantitative estimate of drug-likeness (QED) is 0.317. The van der Waals surface area contributed by atoms with Crippen molar-refractivity contribution in [2.24, 2.45) is 4.99 Å². The Hall–Kier alpha value is -1.87. The van der Waals surface area contributed by atoms with Crippen LogP contribution in [0.15, 0.2) is 53.7 Å². The number of aliphatic imine (C=N–C) groups is 1. The van der Waals surface area contributed by atoms with E-state index in [0.29, 0.717) is 18.5 Å². The Kier molecular flexibility index (Phi) is 11.5. The van der Waals surface area contributed by atoms with Crippen molar-refractivity contribution in [3.8, 4) is 5.88 Å². The lowest BCUT2D eigenvalue weighted by Gasteiger charge is -2.25. The molecule has 1 unspecified atom stereocenters. The summed E-state index contributed by atoms with van der Waals surface area (Å²) < 4.78 is 5.28. The summed E-state index contributed by atoms with van der Waals surface area (Å²) in [5.41, 5.74) is 2.33. The number of methoxy groups -OCH3 is 1. The number of benzene rings is 1. The molecule has 0 aliphatic rings. The van der Waals surface area contributed by atoms with Crippen LogP contribution in [0.1, 0.15) is 24.5 Å². The number of pyridine rings is 1. The third-order valence-electron chi connectivity index (χ3n) is 4.60. The van der Waals surface area contributed by atoms with Crippen LogP contribution in [-0.2, 0) is 13.1 Å². The van der Waals surface area contributed by atoms with Gasteiger partial charge >= 0.3 is 0 Å². The Bertz CT molecular complexity index is 711. The highest BCUT2D eigenvalue weighted by molar-refractivity contribution is 14.0. The molecule has 0 spiro atoms. The maximum atomic E-state index is 5.28. The largest absolute Gasteiger partial charge is 0.481 e. The Balaban J connectivity index is 0.00000392. The van der Waals surface area contributed by atoms with Crippen molar-refractivity contribution < 1.29 is 4.74 Å². The molecule has 2 rings (SSSR count). The van der Waals surface area contributed by atoms with E-state index in [-0.39, 0.29) is 24.0 Å². The molecule has 1 aromatic heterocycles. The van der Waals surface area contributed by atoms with Crippen LogP contribution in [-0.4, -0.2) is 49.6 Å². The van der Waals surface area contributed by atoms with Crippen LogP contribution < -0.4 is 15.4 Å². The minimum absolute atomic E-state index is 0. The fourth-order valence-electron chi connectivity index (χ4n) is 2.79. The van der Waals surface area contributed by atoms with Gasteiger partial charge in [-0.3, -0.25) is 9.89 Å². The molecule has 0 radical (unpaired) electrons. The number of nitrogens with zero attached hydrogens (tertiary/aromatic N) is 3. The predicted molar refractivity (Wildman–Crippen MR) is 126 cm³/mol. The van der Waals surface area contributed by atoms with Gasteiger partial charge in [0.25, 0.3) is 0 Å². The molecule has 7 heteroatoms. The van der Waals surface area contributed by atoms with Crippen LogP contribution in [0.25, 0.3) is 0 Å². The minimum atomic E-state index is 0. The fourth-order valence-corrected chi connectivity index (χ4v) is 2.79. The summed E-state index contributed by atoms with van der Waals surface area (Å²) >= 11 is 0. The van der Waals surface area contributed by atoms with Gasteiger partial charge in [-0.25, -0.2) is 4.98 Å². The molecule has 1 atom stereocenters. The van der Waals surface area contributed by atoms with E-state index in [2.05, 4.69) is 69.8 Å². The van der Waals surface area contributed by atoms with Crippen molar-refractivity contribution in [2.45, 2.75) is 32.5 Å². The Morgan fingerprint density at radius 2 is 1.93 bits per heavy atom. The number of aromatic nitrogens is 1. The number of ether oxygens (including phenoxy) is 1. The number of guanidine groups is 1. The highest BCUT2D eigenvalue weighted by atomic mass is 127. The molecule has 0 fully saturated rings. The zero-order valence-corrected chi connectivity index (χ0v) is 19.5. The SMILES string of the molecule is CN=C(NCCC(C)N(C)Cc1ccccc1)NCc1cccnc1OC.I. The molecule has 2 aromatic rings. The third-order valence-corrected chi connectivity index (χ3v) is 4.60. The van der Waals surface area contributed by atoms with E-state index in [9.17, 15) is 0 Å². The van der Waals surface area contributed by atoms with Gasteiger partial charge in [-0.2, -0.15) is 0 Å². The highest BCUT2D eigenvalue weighted by Crippen LogP contribution is 2.12. The van der Waals surface area contributed by atoms with Crippen LogP contribution in [0.5, 0.6) is 5.88 Å². The molecule has 0 amide bonds. The molecule has 1 aromatic carbocycles. The van der Waals surface area contributed by atoms with Crippen molar-refractivity contribution in [3.63, 3.8) is 0 Å². The number of halogens is 1. The molecule has 0 aliphatic carbocycles. The maximum absolute atomic E-state index is 5.28. The van der Waals surface area contributed by atoms with Gasteiger partial charge in [-0.05, 0) is 32.0 Å². The Morgan fingerprint density at radius 1 is 1.18 bits per heavy atom. The van der Waals surface area contributed by atoms with E-state index in [1.165, 1.54) is 5.56 Å². The van der Waals surface area contributed by atoms with E-state index in [0.717, 1.165) is 31.0 Å². The monoisotopic (exact) mass is 497 g/mol. The average molecular weight is 497 g/mol. The van der Waals surface area contributed by atoms with Crippen LogP contribution >= 0.6 is 24.0 Å². The molecule has 0 aliphatic heterocycles. The number of rotatable bonds is 9. The molecule has 0 bridgehead atoms. The first-order chi connectivity index (χ1) is 13.1. The molecule has 0 saturated carbocycles. The third kappa shape index (κ3) is 8.02. The second-order valence-corrected chi connectivity index (χ2v) is 6.56. The summed E-state index contributed by atoms with van der Waals surface area (Å²) in [5, 5.41) is 6.69. The van der Waals surface area contributed by atoms with Gasteiger partial charge in [-0.15, -0.1) is 24.0 Å². The lowest BCUT2D eigenvalue weighted by atomic mass is 10.1. The first kappa shape index (κ1) is 24.2. The zero-order chi connectivity index (χ0) is 19.5. The Morgan fingerprint density at radius 3 is 2.61 bits per heavy atom. The summed E-state index contributed by atoms with van der Waals surface area (Å²) in [5.74, 6) is 1.41. The normalized spacial score (nSPS) is 12.2. The van der Waals surface area contributed by atoms with Gasteiger partial charge < -0.3 is 15.4 Å². The lowest BCUT2D eigenvalue weighted by Crippen LogP contribution is -2.39. The minimum Gasteiger partial charge on any atom is -0.481 e. The second-order valence-electron chi connectivity index (χ2n) is 6.56. The van der Waals surface area contributed by atoms with Gasteiger partial charge in [0.05, 0.1) is 7.11 Å². The standard InChI is InChI=1S/C21H31N5O.HI/c1-17(26(3)16-18-9-6-5-7-10-18)12-14-24-21(22-2)25-15-19-11-8-13-23-20(19)27-4;/h5-11,13,17H,12,14-16H2,1-4H3,(H2,22,24,25);1H. The number of hydrogen-bond acceptors (Lipinski definition) is 4. The molecule has 1 heterocycles. The molecule has 154 valence electrons. The Labute approximate surface area is 185 Å². The van der Waals surface area contributed by atoms with E-state index in [4.69, 9.17) is 4.74 Å². The molecule has 2 N–H and O–H groups in total. The summed E-state index contributed by atoms with van der Waals surface area (Å²) in [7, 11) is 5.58. The van der Waals surface area contributed by atoms with Gasteiger partial charge in [0, 0.05) is 44.5 Å². The molecule has 0 saturated heterocycles. The molecule has 6 nitrogen and oxygen atoms in total. The van der Waals surface area contributed by atoms with Crippen molar-refractivity contribution >= 4 is 29.9 Å². The van der Waals surface area contributed by atoms with Gasteiger partial charge in [0.15, 0.2) is 5.96 Å². The van der Waals surface area contributed by atoms with E-state index >= 15 is 0 Å². The van der Waals surface area contributed by atoms with Crippen LogP contribution in [0.4, 0.5) is 0 Å². The maximum Gasteiger partial charge on any atom is 0.218 e. The number of hydrogen-bond donors (Lipinski definition) is 2. The molecular formula is C21H32IN5O. The molecular weight excluding hydrogens is 465 g/mol. The van der Waals surface area contributed by atoms with Crippen molar-refractivity contribution in [1.82, 2.24) is 20.5 Å². The summed E-state index contributed by atoms with van der Waals surface area (Å²) in [4.78, 5) is 10.9. The second kappa shape index (κ2) is 13.3. The summed E-state index contributed by atoms with van der Waals surface area (Å²) in [6.45, 7) is 4.67. The average Bonchev–Trinajstić information content (AvgIpc) is 2.71.